The Morgan fingerprint density at radius 3 is 2.85 bits per heavy atom. The van der Waals surface area contributed by atoms with Gasteiger partial charge in [-0.25, -0.2) is 4.98 Å². The SMILES string of the molecule is COc1cc([N+](=O)[O-])c2nc(NC3CCCC3)sc2c1. The van der Waals surface area contributed by atoms with E-state index in [-0.39, 0.29) is 5.69 Å². The largest absolute Gasteiger partial charge is 0.496 e. The lowest BCUT2D eigenvalue weighted by molar-refractivity contribution is -0.383. The van der Waals surface area contributed by atoms with Crippen molar-refractivity contribution in [1.29, 1.82) is 0 Å². The second-order valence-corrected chi connectivity index (χ2v) is 5.93. The molecule has 20 heavy (non-hydrogen) atoms. The van der Waals surface area contributed by atoms with Crippen LogP contribution in [-0.4, -0.2) is 23.1 Å². The standard InChI is InChI=1S/C13H15N3O3S/c1-19-9-6-10(16(17)18)12-11(7-9)20-13(15-12)14-8-4-2-3-5-8/h6-8H,2-5H2,1H3,(H,14,15). The molecule has 6 nitrogen and oxygen atoms in total. The molecule has 0 atom stereocenters. The third kappa shape index (κ3) is 2.40. The molecule has 1 aromatic heterocycles. The van der Waals surface area contributed by atoms with Crippen LogP contribution in [0.4, 0.5) is 10.8 Å². The summed E-state index contributed by atoms with van der Waals surface area (Å²) >= 11 is 1.44. The number of nitrogens with zero attached hydrogens (tertiary/aromatic N) is 2. The van der Waals surface area contributed by atoms with E-state index in [1.165, 1.54) is 37.4 Å². The average Bonchev–Trinajstić information content (AvgIpc) is 3.06. The van der Waals surface area contributed by atoms with Crippen molar-refractivity contribution < 1.29 is 9.66 Å². The monoisotopic (exact) mass is 293 g/mol. The highest BCUT2D eigenvalue weighted by Gasteiger charge is 2.21. The number of hydrogen-bond acceptors (Lipinski definition) is 6. The van der Waals surface area contributed by atoms with Gasteiger partial charge in [0.25, 0.3) is 5.69 Å². The van der Waals surface area contributed by atoms with E-state index < -0.39 is 4.92 Å². The Bertz CT molecular complexity index is 650. The number of hydrogen-bond donors (Lipinski definition) is 1. The maximum atomic E-state index is 11.1. The van der Waals surface area contributed by atoms with Crippen molar-refractivity contribution in [1.82, 2.24) is 4.98 Å². The number of aromatic nitrogens is 1. The number of fused-ring (bicyclic) bond motifs is 1. The van der Waals surface area contributed by atoms with Gasteiger partial charge in [-0.15, -0.1) is 0 Å². The van der Waals surface area contributed by atoms with Gasteiger partial charge in [0.2, 0.25) is 0 Å². The number of ether oxygens (including phenoxy) is 1. The first kappa shape index (κ1) is 13.1. The van der Waals surface area contributed by atoms with Crippen molar-refractivity contribution in [2.75, 3.05) is 12.4 Å². The van der Waals surface area contributed by atoms with Gasteiger partial charge in [-0.3, -0.25) is 10.1 Å². The lowest BCUT2D eigenvalue weighted by Crippen LogP contribution is -2.13. The van der Waals surface area contributed by atoms with Gasteiger partial charge in [-0.1, -0.05) is 24.2 Å². The number of nitro groups is 1. The molecule has 0 saturated heterocycles. The minimum absolute atomic E-state index is 0.00456. The van der Waals surface area contributed by atoms with E-state index in [2.05, 4.69) is 10.3 Å². The number of nitro benzene ring substituents is 1. The highest BCUT2D eigenvalue weighted by Crippen LogP contribution is 2.37. The van der Waals surface area contributed by atoms with Crippen LogP contribution in [0.1, 0.15) is 25.7 Å². The summed E-state index contributed by atoms with van der Waals surface area (Å²) in [5, 5.41) is 15.3. The van der Waals surface area contributed by atoms with E-state index in [1.54, 1.807) is 6.07 Å². The van der Waals surface area contributed by atoms with Crippen LogP contribution >= 0.6 is 11.3 Å². The average molecular weight is 293 g/mol. The van der Waals surface area contributed by atoms with E-state index >= 15 is 0 Å². The van der Waals surface area contributed by atoms with Crippen LogP contribution in [0.2, 0.25) is 0 Å². The molecular weight excluding hydrogens is 278 g/mol. The van der Waals surface area contributed by atoms with Crippen LogP contribution in [0.25, 0.3) is 10.2 Å². The summed E-state index contributed by atoms with van der Waals surface area (Å²) in [5.41, 5.74) is 0.427. The molecule has 106 valence electrons. The van der Waals surface area contributed by atoms with E-state index in [4.69, 9.17) is 4.74 Å². The Labute approximate surface area is 119 Å². The minimum Gasteiger partial charge on any atom is -0.496 e. The first-order valence-corrected chi connectivity index (χ1v) is 7.38. The van der Waals surface area contributed by atoms with E-state index in [0.717, 1.165) is 22.7 Å². The van der Waals surface area contributed by atoms with Crippen LogP contribution < -0.4 is 10.1 Å². The van der Waals surface area contributed by atoms with Crippen molar-refractivity contribution in [3.05, 3.63) is 22.2 Å². The maximum Gasteiger partial charge on any atom is 0.300 e. The van der Waals surface area contributed by atoms with Gasteiger partial charge in [0.05, 0.1) is 22.8 Å². The summed E-state index contributed by atoms with van der Waals surface area (Å²) in [7, 11) is 1.50. The molecule has 7 heteroatoms. The maximum absolute atomic E-state index is 11.1. The fourth-order valence-corrected chi connectivity index (χ4v) is 3.54. The fraction of sp³-hybridized carbons (Fsp3) is 0.462. The number of methoxy groups -OCH3 is 1. The molecule has 0 bridgehead atoms. The van der Waals surface area contributed by atoms with Crippen LogP contribution in [-0.2, 0) is 0 Å². The quantitative estimate of drug-likeness (QED) is 0.688. The zero-order chi connectivity index (χ0) is 14.1. The van der Waals surface area contributed by atoms with Gasteiger partial charge >= 0.3 is 0 Å². The molecule has 1 saturated carbocycles. The summed E-state index contributed by atoms with van der Waals surface area (Å²) in [6, 6.07) is 3.65. The van der Waals surface area contributed by atoms with Crippen molar-refractivity contribution in [3.8, 4) is 5.75 Å². The third-order valence-electron chi connectivity index (χ3n) is 3.56. The summed E-state index contributed by atoms with van der Waals surface area (Å²) in [6.07, 6.45) is 4.75. The van der Waals surface area contributed by atoms with Gasteiger partial charge in [0.15, 0.2) is 10.6 Å². The number of nitrogens with one attached hydrogen (secondary N) is 1. The second kappa shape index (κ2) is 5.24. The number of non-ortho nitro benzene ring substituents is 1. The van der Waals surface area contributed by atoms with Gasteiger partial charge in [-0.05, 0) is 12.8 Å². The topological polar surface area (TPSA) is 77.3 Å². The molecule has 1 N–H and O–H groups in total. The number of thiazole rings is 1. The lowest BCUT2D eigenvalue weighted by Gasteiger charge is -2.08. The van der Waals surface area contributed by atoms with Gasteiger partial charge in [0, 0.05) is 12.1 Å². The Hall–Kier alpha value is -1.89. The molecule has 1 heterocycles. The zero-order valence-corrected chi connectivity index (χ0v) is 11.9. The normalized spacial score (nSPS) is 15.7. The van der Waals surface area contributed by atoms with Crippen LogP contribution in [0.15, 0.2) is 12.1 Å². The molecule has 1 fully saturated rings. The lowest BCUT2D eigenvalue weighted by atomic mass is 10.2. The Balaban J connectivity index is 2.00. The van der Waals surface area contributed by atoms with Crippen molar-refractivity contribution in [2.45, 2.75) is 31.7 Å². The zero-order valence-electron chi connectivity index (χ0n) is 11.1. The second-order valence-electron chi connectivity index (χ2n) is 4.90. The number of anilines is 1. The highest BCUT2D eigenvalue weighted by molar-refractivity contribution is 7.22. The Morgan fingerprint density at radius 1 is 1.45 bits per heavy atom. The van der Waals surface area contributed by atoms with E-state index in [1.807, 2.05) is 0 Å². The van der Waals surface area contributed by atoms with E-state index in [0.29, 0.717) is 17.3 Å². The third-order valence-corrected chi connectivity index (χ3v) is 4.50. The molecule has 3 rings (SSSR count). The Morgan fingerprint density at radius 2 is 2.20 bits per heavy atom. The highest BCUT2D eigenvalue weighted by atomic mass is 32.1. The fourth-order valence-electron chi connectivity index (χ4n) is 2.55. The predicted molar refractivity (Wildman–Crippen MR) is 78.7 cm³/mol. The molecule has 0 amide bonds. The molecule has 0 unspecified atom stereocenters. The minimum atomic E-state index is -0.413. The van der Waals surface area contributed by atoms with Crippen molar-refractivity contribution >= 4 is 32.4 Å². The summed E-state index contributed by atoms with van der Waals surface area (Å²) in [4.78, 5) is 15.1. The van der Waals surface area contributed by atoms with Gasteiger partial charge in [0.1, 0.15) is 5.75 Å². The summed E-state index contributed by atoms with van der Waals surface area (Å²) < 4.78 is 5.88. The molecule has 2 aromatic rings. The number of rotatable bonds is 4. The van der Waals surface area contributed by atoms with Crippen LogP contribution in [0.5, 0.6) is 5.75 Å². The first-order chi connectivity index (χ1) is 9.67. The molecule has 1 aromatic carbocycles. The number of benzene rings is 1. The summed E-state index contributed by atoms with van der Waals surface area (Å²) in [6.45, 7) is 0. The van der Waals surface area contributed by atoms with Gasteiger partial charge < -0.3 is 10.1 Å². The molecular formula is C13H15N3O3S. The molecule has 0 spiro atoms. The molecule has 1 aliphatic carbocycles. The predicted octanol–water partition coefficient (Wildman–Crippen LogP) is 3.57. The van der Waals surface area contributed by atoms with Crippen LogP contribution in [0, 0.1) is 10.1 Å². The first-order valence-electron chi connectivity index (χ1n) is 6.57. The van der Waals surface area contributed by atoms with Crippen LogP contribution in [0.3, 0.4) is 0 Å². The molecule has 0 radical (unpaired) electrons. The van der Waals surface area contributed by atoms with Crippen molar-refractivity contribution in [3.63, 3.8) is 0 Å². The summed E-state index contributed by atoms with van der Waals surface area (Å²) in [5.74, 6) is 0.486. The van der Waals surface area contributed by atoms with E-state index in [9.17, 15) is 10.1 Å². The van der Waals surface area contributed by atoms with Crippen molar-refractivity contribution in [2.24, 2.45) is 0 Å². The molecule has 0 aliphatic heterocycles. The Kier molecular flexibility index (Phi) is 3.43. The smallest absolute Gasteiger partial charge is 0.300 e. The molecule has 1 aliphatic rings. The van der Waals surface area contributed by atoms with Gasteiger partial charge in [-0.2, -0.15) is 0 Å².